The molecule has 1 aliphatic rings. The second kappa shape index (κ2) is 13.9. The van der Waals surface area contributed by atoms with Crippen LogP contribution < -0.4 is 20.7 Å². The Labute approximate surface area is 271 Å². The minimum atomic E-state index is -4.78. The summed E-state index contributed by atoms with van der Waals surface area (Å²) < 4.78 is 53.1. The first-order chi connectivity index (χ1) is 22.3. The lowest BCUT2D eigenvalue weighted by molar-refractivity contribution is -0.141. The number of hydrogen-bond acceptors (Lipinski definition) is 6. The van der Waals surface area contributed by atoms with Crippen molar-refractivity contribution < 1.29 is 32.2 Å². The number of amides is 2. The van der Waals surface area contributed by atoms with Crippen LogP contribution in [0.3, 0.4) is 0 Å². The molecule has 1 saturated carbocycles. The summed E-state index contributed by atoms with van der Waals surface area (Å²) >= 11 is 0. The van der Waals surface area contributed by atoms with E-state index in [-0.39, 0.29) is 24.0 Å². The second-order valence-electron chi connectivity index (χ2n) is 12.5. The van der Waals surface area contributed by atoms with Crippen LogP contribution in [0.5, 0.6) is 5.75 Å². The predicted octanol–water partition coefficient (Wildman–Crippen LogP) is 7.27. The van der Waals surface area contributed by atoms with E-state index < -0.39 is 29.5 Å². The van der Waals surface area contributed by atoms with E-state index in [4.69, 9.17) is 9.47 Å². The summed E-state index contributed by atoms with van der Waals surface area (Å²) in [5.41, 5.74) is 0.815. The third kappa shape index (κ3) is 9.13. The zero-order valence-corrected chi connectivity index (χ0v) is 26.6. The van der Waals surface area contributed by atoms with Crippen molar-refractivity contribution in [3.05, 3.63) is 107 Å². The van der Waals surface area contributed by atoms with Gasteiger partial charge >= 0.3 is 12.3 Å². The average Bonchev–Trinajstić information content (AvgIpc) is 3.73. The number of hydrogen-bond donors (Lipinski definition) is 3. The minimum Gasteiger partial charge on any atom is -0.497 e. The maximum atomic E-state index is 13.8. The Morgan fingerprint density at radius 1 is 0.957 bits per heavy atom. The SMILES string of the molecule is COc1cccc(C(NCC2CC2)c2cccc(NC(=O)c3cc(C(F)(F)F)nn3-c3cccc(CNC(=O)OC(C)(C)C)c3)c2)c1. The molecular formula is C35H38F3N5O4. The highest BCUT2D eigenvalue weighted by Crippen LogP contribution is 2.33. The molecule has 3 N–H and O–H groups in total. The molecule has 4 aromatic rings. The first kappa shape index (κ1) is 33.5. The van der Waals surface area contributed by atoms with Gasteiger partial charge in [-0.25, -0.2) is 9.48 Å². The van der Waals surface area contributed by atoms with E-state index in [9.17, 15) is 22.8 Å². The van der Waals surface area contributed by atoms with Crippen LogP contribution in [0.2, 0.25) is 0 Å². The molecule has 5 rings (SSSR count). The summed E-state index contributed by atoms with van der Waals surface area (Å²) in [7, 11) is 1.61. The molecule has 3 aromatic carbocycles. The lowest BCUT2D eigenvalue weighted by Gasteiger charge is -2.21. The van der Waals surface area contributed by atoms with Crippen molar-refractivity contribution in [3.63, 3.8) is 0 Å². The van der Waals surface area contributed by atoms with Crippen LogP contribution in [0, 0.1) is 5.92 Å². The highest BCUT2D eigenvalue weighted by molar-refractivity contribution is 6.03. The molecule has 1 aliphatic carbocycles. The Morgan fingerprint density at radius 2 is 1.66 bits per heavy atom. The number of carbonyl (C=O) groups is 2. The smallest absolute Gasteiger partial charge is 0.435 e. The minimum absolute atomic E-state index is 0.0493. The zero-order valence-electron chi connectivity index (χ0n) is 26.6. The van der Waals surface area contributed by atoms with Crippen molar-refractivity contribution in [2.24, 2.45) is 5.92 Å². The Bertz CT molecular complexity index is 1730. The number of alkyl carbamates (subject to hydrolysis) is 1. The Kier molecular flexibility index (Phi) is 9.90. The van der Waals surface area contributed by atoms with E-state index in [2.05, 4.69) is 21.0 Å². The standard InChI is InChI=1S/C35H38F3N5O4/c1-34(2,3)47-33(45)40-21-23-8-5-12-27(16-23)43-29(19-30(42-43)35(36,37)38)32(44)41-26-11-6-9-24(17-26)31(39-20-22-14-15-22)25-10-7-13-28(18-25)46-4/h5-13,16-19,22,31,39H,14-15,20-21H2,1-4H3,(H,40,45)(H,41,44). The van der Waals surface area contributed by atoms with Crippen LogP contribution in [0.1, 0.15) is 72.5 Å². The van der Waals surface area contributed by atoms with Crippen molar-refractivity contribution in [1.82, 2.24) is 20.4 Å². The predicted molar refractivity (Wildman–Crippen MR) is 172 cm³/mol. The maximum Gasteiger partial charge on any atom is 0.435 e. The van der Waals surface area contributed by atoms with E-state index >= 15 is 0 Å². The van der Waals surface area contributed by atoms with Crippen molar-refractivity contribution in [3.8, 4) is 11.4 Å². The van der Waals surface area contributed by atoms with Crippen LogP contribution in [-0.2, 0) is 17.5 Å². The molecule has 248 valence electrons. The van der Waals surface area contributed by atoms with Gasteiger partial charge in [0.25, 0.3) is 5.91 Å². The van der Waals surface area contributed by atoms with E-state index in [0.717, 1.165) is 28.4 Å². The van der Waals surface area contributed by atoms with Crippen LogP contribution in [0.15, 0.2) is 78.9 Å². The van der Waals surface area contributed by atoms with Gasteiger partial charge in [0, 0.05) is 18.3 Å². The number of nitrogens with zero attached hydrogens (tertiary/aromatic N) is 2. The maximum absolute atomic E-state index is 13.8. The number of alkyl halides is 3. The molecule has 1 atom stereocenters. The molecule has 0 spiro atoms. The zero-order chi connectivity index (χ0) is 33.8. The Morgan fingerprint density at radius 3 is 2.34 bits per heavy atom. The van der Waals surface area contributed by atoms with Gasteiger partial charge in [-0.05, 0) is 99.2 Å². The van der Waals surface area contributed by atoms with Crippen molar-refractivity contribution in [2.75, 3.05) is 19.0 Å². The summed E-state index contributed by atoms with van der Waals surface area (Å²) in [6.45, 7) is 6.07. The molecule has 1 heterocycles. The van der Waals surface area contributed by atoms with Crippen molar-refractivity contribution in [2.45, 2.75) is 58.0 Å². The largest absolute Gasteiger partial charge is 0.497 e. The summed E-state index contributed by atoms with van der Waals surface area (Å²) in [5.74, 6) is 0.551. The first-order valence-electron chi connectivity index (χ1n) is 15.3. The quantitative estimate of drug-likeness (QED) is 0.158. The highest BCUT2D eigenvalue weighted by Gasteiger charge is 2.36. The molecule has 0 bridgehead atoms. The fraction of sp³-hybridized carbons (Fsp3) is 0.343. The molecule has 2 amide bonds. The van der Waals surface area contributed by atoms with Crippen LogP contribution in [0.4, 0.5) is 23.7 Å². The number of rotatable bonds is 11. The molecule has 1 fully saturated rings. The molecule has 0 aliphatic heterocycles. The fourth-order valence-electron chi connectivity index (χ4n) is 5.01. The fourth-order valence-corrected chi connectivity index (χ4v) is 5.01. The van der Waals surface area contributed by atoms with Crippen LogP contribution in [0.25, 0.3) is 5.69 Å². The monoisotopic (exact) mass is 649 g/mol. The molecule has 47 heavy (non-hydrogen) atoms. The lowest BCUT2D eigenvalue weighted by atomic mass is 9.97. The average molecular weight is 650 g/mol. The van der Waals surface area contributed by atoms with Crippen molar-refractivity contribution in [1.29, 1.82) is 0 Å². The van der Waals surface area contributed by atoms with E-state index in [1.165, 1.54) is 18.9 Å². The molecule has 12 heteroatoms. The molecule has 1 unspecified atom stereocenters. The summed E-state index contributed by atoms with van der Waals surface area (Å²) in [5, 5.41) is 12.8. The topological polar surface area (TPSA) is 107 Å². The third-order valence-corrected chi connectivity index (χ3v) is 7.44. The van der Waals surface area contributed by atoms with E-state index in [0.29, 0.717) is 22.9 Å². The lowest BCUT2D eigenvalue weighted by Crippen LogP contribution is -2.32. The number of nitrogens with one attached hydrogen (secondary N) is 3. The van der Waals surface area contributed by atoms with Gasteiger partial charge in [-0.1, -0.05) is 36.4 Å². The molecule has 1 aromatic heterocycles. The van der Waals surface area contributed by atoms with Gasteiger partial charge < -0.3 is 25.4 Å². The Balaban J connectivity index is 1.40. The molecule has 0 saturated heterocycles. The summed E-state index contributed by atoms with van der Waals surface area (Å²) in [6, 6.07) is 21.8. The van der Waals surface area contributed by atoms with Gasteiger partial charge in [0.2, 0.25) is 0 Å². The molecule has 9 nitrogen and oxygen atoms in total. The van der Waals surface area contributed by atoms with Crippen molar-refractivity contribution >= 4 is 17.7 Å². The second-order valence-corrected chi connectivity index (χ2v) is 12.5. The molecular weight excluding hydrogens is 611 g/mol. The number of aromatic nitrogens is 2. The number of benzene rings is 3. The number of carbonyl (C=O) groups excluding carboxylic acids is 2. The van der Waals surface area contributed by atoms with Gasteiger partial charge in [-0.2, -0.15) is 18.3 Å². The summed E-state index contributed by atoms with van der Waals surface area (Å²) in [6.07, 6.45) is -3.08. The number of methoxy groups -OCH3 is 1. The van der Waals surface area contributed by atoms with E-state index in [1.807, 2.05) is 30.3 Å². The number of anilines is 1. The van der Waals surface area contributed by atoms with Gasteiger partial charge in [-0.15, -0.1) is 0 Å². The van der Waals surface area contributed by atoms with Gasteiger partial charge in [-0.3, -0.25) is 4.79 Å². The summed E-state index contributed by atoms with van der Waals surface area (Å²) in [4.78, 5) is 25.7. The van der Waals surface area contributed by atoms with Crippen LogP contribution in [-0.4, -0.2) is 41.0 Å². The normalized spacial score (nSPS) is 13.9. The van der Waals surface area contributed by atoms with Crippen LogP contribution >= 0.6 is 0 Å². The van der Waals surface area contributed by atoms with E-state index in [1.54, 1.807) is 64.3 Å². The molecule has 0 radical (unpaired) electrons. The first-order valence-corrected chi connectivity index (χ1v) is 15.3. The number of halogens is 3. The van der Waals surface area contributed by atoms with Gasteiger partial charge in [0.1, 0.15) is 17.0 Å². The van der Waals surface area contributed by atoms with Gasteiger partial charge in [0.15, 0.2) is 5.69 Å². The third-order valence-electron chi connectivity index (χ3n) is 7.44. The van der Waals surface area contributed by atoms with Gasteiger partial charge in [0.05, 0.1) is 18.8 Å². The highest BCUT2D eigenvalue weighted by atomic mass is 19.4. The number of ether oxygens (including phenoxy) is 2. The Hall–Kier alpha value is -4.84.